The van der Waals surface area contributed by atoms with E-state index in [2.05, 4.69) is 12.2 Å². The molecule has 2 atom stereocenters. The Balaban J connectivity index is 2.35. The Morgan fingerprint density at radius 2 is 2.21 bits per heavy atom. The summed E-state index contributed by atoms with van der Waals surface area (Å²) in [4.78, 5) is 21.6. The van der Waals surface area contributed by atoms with E-state index in [0.717, 1.165) is 13.0 Å². The topological polar surface area (TPSA) is 46.2 Å². The Labute approximate surface area is 85.3 Å². The molecule has 0 aromatic rings. The van der Waals surface area contributed by atoms with Gasteiger partial charge in [-0.2, -0.15) is 0 Å². The van der Waals surface area contributed by atoms with E-state index < -0.39 is 0 Å². The molecule has 1 aliphatic rings. The van der Waals surface area contributed by atoms with Gasteiger partial charge in [-0.25, -0.2) is 0 Å². The lowest BCUT2D eigenvalue weighted by molar-refractivity contribution is -0.133. The van der Waals surface area contributed by atoms with Gasteiger partial charge in [0.25, 0.3) is 0 Å². The van der Waals surface area contributed by atoms with Gasteiger partial charge in [0.15, 0.2) is 12.1 Å². The van der Waals surface area contributed by atoms with Gasteiger partial charge >= 0.3 is 0 Å². The van der Waals surface area contributed by atoms with Crippen molar-refractivity contribution in [2.24, 2.45) is 11.8 Å². The lowest BCUT2D eigenvalue weighted by atomic mass is 9.88. The number of hydrogen-bond donors (Lipinski definition) is 1. The third-order valence-electron chi connectivity index (χ3n) is 3.00. The van der Waals surface area contributed by atoms with Gasteiger partial charge in [0.05, 0.1) is 0 Å². The summed E-state index contributed by atoms with van der Waals surface area (Å²) in [5.74, 6) is 0.111. The number of rotatable bonds is 6. The number of aldehydes is 1. The number of carbonyl (C=O) groups excluding carboxylic acids is 2. The Bertz CT molecular complexity index is 203. The molecule has 0 spiro atoms. The van der Waals surface area contributed by atoms with Crippen LogP contribution in [-0.4, -0.2) is 25.2 Å². The lowest BCUT2D eigenvalue weighted by Gasteiger charge is -2.14. The monoisotopic (exact) mass is 197 g/mol. The summed E-state index contributed by atoms with van der Waals surface area (Å²) in [6, 6.07) is 0. The molecule has 1 N–H and O–H groups in total. The SMILES string of the molecule is CCCCCC1CNCC1C(=O)C=O. The van der Waals surface area contributed by atoms with Crippen LogP contribution in [0.25, 0.3) is 0 Å². The van der Waals surface area contributed by atoms with E-state index in [1.165, 1.54) is 19.3 Å². The fraction of sp³-hybridized carbons (Fsp3) is 0.818. The first kappa shape index (κ1) is 11.4. The molecule has 1 heterocycles. The van der Waals surface area contributed by atoms with Crippen molar-refractivity contribution in [2.75, 3.05) is 13.1 Å². The molecule has 1 fully saturated rings. The number of ketones is 1. The van der Waals surface area contributed by atoms with Gasteiger partial charge in [-0.1, -0.05) is 26.2 Å². The van der Waals surface area contributed by atoms with Gasteiger partial charge in [-0.15, -0.1) is 0 Å². The Morgan fingerprint density at radius 1 is 1.43 bits per heavy atom. The predicted octanol–water partition coefficient (Wildman–Crippen LogP) is 1.17. The minimum atomic E-state index is -0.225. The Kier molecular flexibility index (Phi) is 4.80. The summed E-state index contributed by atoms with van der Waals surface area (Å²) in [6.07, 6.45) is 5.14. The third kappa shape index (κ3) is 2.91. The highest BCUT2D eigenvalue weighted by Gasteiger charge is 2.31. The average Bonchev–Trinajstić information content (AvgIpc) is 2.65. The second-order valence-electron chi connectivity index (χ2n) is 4.04. The standard InChI is InChI=1S/C11H19NO2/c1-2-3-4-5-9-6-12-7-10(9)11(14)8-13/h8-10,12H,2-7H2,1H3. The number of carbonyl (C=O) groups is 2. The highest BCUT2D eigenvalue weighted by Crippen LogP contribution is 2.23. The molecule has 1 aliphatic heterocycles. The summed E-state index contributed by atoms with van der Waals surface area (Å²) in [5, 5.41) is 3.18. The second kappa shape index (κ2) is 5.91. The van der Waals surface area contributed by atoms with Crippen molar-refractivity contribution < 1.29 is 9.59 Å². The van der Waals surface area contributed by atoms with Crippen LogP contribution in [0, 0.1) is 11.8 Å². The van der Waals surface area contributed by atoms with Crippen molar-refractivity contribution >= 4 is 12.1 Å². The average molecular weight is 197 g/mol. The molecule has 0 amide bonds. The third-order valence-corrected chi connectivity index (χ3v) is 3.00. The van der Waals surface area contributed by atoms with Crippen LogP contribution in [0.3, 0.4) is 0 Å². The predicted molar refractivity (Wildman–Crippen MR) is 55.1 cm³/mol. The normalized spacial score (nSPS) is 26.4. The molecule has 0 aromatic heterocycles. The highest BCUT2D eigenvalue weighted by molar-refractivity contribution is 6.26. The van der Waals surface area contributed by atoms with Gasteiger partial charge in [-0.3, -0.25) is 9.59 Å². The smallest absolute Gasteiger partial charge is 0.199 e. The van der Waals surface area contributed by atoms with Gasteiger partial charge in [0.2, 0.25) is 0 Å². The molecule has 0 radical (unpaired) electrons. The summed E-state index contributed by atoms with van der Waals surface area (Å²) < 4.78 is 0. The van der Waals surface area contributed by atoms with E-state index in [4.69, 9.17) is 0 Å². The van der Waals surface area contributed by atoms with Crippen LogP contribution in [0.2, 0.25) is 0 Å². The first-order chi connectivity index (χ1) is 6.79. The van der Waals surface area contributed by atoms with Crippen LogP contribution in [-0.2, 0) is 9.59 Å². The molecule has 0 bridgehead atoms. The van der Waals surface area contributed by atoms with E-state index in [1.54, 1.807) is 0 Å². The van der Waals surface area contributed by atoms with Crippen molar-refractivity contribution in [1.29, 1.82) is 0 Å². The highest BCUT2D eigenvalue weighted by atomic mass is 16.2. The van der Waals surface area contributed by atoms with E-state index in [9.17, 15) is 9.59 Å². The molecule has 1 saturated heterocycles. The maximum absolute atomic E-state index is 11.2. The van der Waals surface area contributed by atoms with Crippen LogP contribution < -0.4 is 5.32 Å². The molecule has 0 aromatic carbocycles. The molecular formula is C11H19NO2. The first-order valence-electron chi connectivity index (χ1n) is 5.49. The minimum Gasteiger partial charge on any atom is -0.316 e. The van der Waals surface area contributed by atoms with Crippen LogP contribution in [0.1, 0.15) is 32.6 Å². The van der Waals surface area contributed by atoms with E-state index in [1.807, 2.05) is 0 Å². The Hall–Kier alpha value is -0.700. The minimum absolute atomic E-state index is 0.0515. The van der Waals surface area contributed by atoms with Crippen LogP contribution in [0.4, 0.5) is 0 Å². The van der Waals surface area contributed by atoms with Crippen LogP contribution in [0.15, 0.2) is 0 Å². The zero-order valence-electron chi connectivity index (χ0n) is 8.79. The quantitative estimate of drug-likeness (QED) is 0.395. The van der Waals surface area contributed by atoms with Crippen LogP contribution in [0.5, 0.6) is 0 Å². The molecule has 3 heteroatoms. The van der Waals surface area contributed by atoms with E-state index in [0.29, 0.717) is 18.7 Å². The number of hydrogen-bond acceptors (Lipinski definition) is 3. The van der Waals surface area contributed by atoms with Gasteiger partial charge < -0.3 is 5.32 Å². The number of Topliss-reactive ketones (excluding diaryl/α,β-unsaturated/α-hetero) is 1. The molecular weight excluding hydrogens is 178 g/mol. The van der Waals surface area contributed by atoms with Gasteiger partial charge in [-0.05, 0) is 18.9 Å². The number of unbranched alkanes of at least 4 members (excludes halogenated alkanes) is 2. The van der Waals surface area contributed by atoms with Crippen molar-refractivity contribution in [1.82, 2.24) is 5.32 Å². The lowest BCUT2D eigenvalue weighted by Crippen LogP contribution is -2.23. The zero-order valence-corrected chi connectivity index (χ0v) is 8.79. The molecule has 14 heavy (non-hydrogen) atoms. The van der Waals surface area contributed by atoms with Crippen molar-refractivity contribution in [3.63, 3.8) is 0 Å². The van der Waals surface area contributed by atoms with E-state index in [-0.39, 0.29) is 11.7 Å². The molecule has 80 valence electrons. The Morgan fingerprint density at radius 3 is 2.86 bits per heavy atom. The molecule has 2 unspecified atom stereocenters. The molecule has 3 nitrogen and oxygen atoms in total. The summed E-state index contributed by atoms with van der Waals surface area (Å²) in [5.41, 5.74) is 0. The van der Waals surface area contributed by atoms with Crippen LogP contribution >= 0.6 is 0 Å². The molecule has 0 aliphatic carbocycles. The van der Waals surface area contributed by atoms with Crippen molar-refractivity contribution in [3.05, 3.63) is 0 Å². The maximum atomic E-state index is 11.2. The van der Waals surface area contributed by atoms with Crippen molar-refractivity contribution in [3.8, 4) is 0 Å². The molecule has 1 rings (SSSR count). The van der Waals surface area contributed by atoms with E-state index >= 15 is 0 Å². The first-order valence-corrected chi connectivity index (χ1v) is 5.49. The summed E-state index contributed by atoms with van der Waals surface area (Å²) >= 11 is 0. The largest absolute Gasteiger partial charge is 0.316 e. The summed E-state index contributed by atoms with van der Waals surface area (Å²) in [7, 11) is 0. The second-order valence-corrected chi connectivity index (χ2v) is 4.04. The maximum Gasteiger partial charge on any atom is 0.199 e. The van der Waals surface area contributed by atoms with Gasteiger partial charge in [0.1, 0.15) is 0 Å². The fourth-order valence-corrected chi connectivity index (χ4v) is 2.11. The van der Waals surface area contributed by atoms with Crippen molar-refractivity contribution in [2.45, 2.75) is 32.6 Å². The number of nitrogens with one attached hydrogen (secondary N) is 1. The zero-order chi connectivity index (χ0) is 10.4. The van der Waals surface area contributed by atoms with Gasteiger partial charge in [0, 0.05) is 12.5 Å². The fourth-order valence-electron chi connectivity index (χ4n) is 2.11. The summed E-state index contributed by atoms with van der Waals surface area (Å²) in [6.45, 7) is 3.75. The molecule has 0 saturated carbocycles.